The lowest BCUT2D eigenvalue weighted by molar-refractivity contribution is -0.118. The van der Waals surface area contributed by atoms with Gasteiger partial charge in [-0.15, -0.1) is 23.2 Å². The van der Waals surface area contributed by atoms with Crippen molar-refractivity contribution in [1.82, 2.24) is 0 Å². The standard InChI is InChI=1S/C37H33Cl2N3O4/c38-16-24-19-41(30-14-32(43)26-5-1-3-7-28(26)36(24)30)34(45)12-21-9-22(11-23(10-21)18-40)13-35(46)42-20-25(17-39)37-29-8-4-2-6-27(29)33(44)15-31(37)42/h1-11,14-15,24-25,43-44H,12-13,16-20,40H2/t24-,25-/m1/s1. The van der Waals surface area contributed by atoms with Crippen molar-refractivity contribution in [3.63, 3.8) is 0 Å². The zero-order chi connectivity index (χ0) is 32.1. The van der Waals surface area contributed by atoms with Gasteiger partial charge in [0.15, 0.2) is 0 Å². The molecule has 0 spiro atoms. The second kappa shape index (κ2) is 12.1. The number of phenols is 2. The summed E-state index contributed by atoms with van der Waals surface area (Å²) in [6.07, 6.45) is 0.190. The number of nitrogens with zero attached hydrogens (tertiary/aromatic N) is 2. The van der Waals surface area contributed by atoms with Gasteiger partial charge in [-0.3, -0.25) is 9.59 Å². The van der Waals surface area contributed by atoms with E-state index in [4.69, 9.17) is 28.9 Å². The van der Waals surface area contributed by atoms with Crippen molar-refractivity contribution >= 4 is 67.9 Å². The number of nitrogens with two attached hydrogens (primary N) is 1. The molecule has 9 heteroatoms. The van der Waals surface area contributed by atoms with E-state index in [1.807, 2.05) is 66.7 Å². The van der Waals surface area contributed by atoms with Gasteiger partial charge in [0, 0.05) is 66.1 Å². The SMILES string of the molecule is NCc1cc(CC(=O)N2C[C@@H](CCl)c3c2cc(O)c2ccccc32)cc(CC(=O)N2C[C@@H](CCl)c3c2cc(O)c2ccccc32)c1. The zero-order valence-electron chi connectivity index (χ0n) is 25.0. The Bertz CT molecular complexity index is 1890. The topological polar surface area (TPSA) is 107 Å². The first-order valence-electron chi connectivity index (χ1n) is 15.3. The zero-order valence-corrected chi connectivity index (χ0v) is 26.6. The molecular formula is C37H33Cl2N3O4. The van der Waals surface area contributed by atoms with E-state index in [0.717, 1.165) is 49.4 Å². The minimum absolute atomic E-state index is 0.0635. The molecule has 7 nitrogen and oxygen atoms in total. The lowest BCUT2D eigenvalue weighted by Gasteiger charge is -2.20. The minimum atomic E-state index is -0.129. The van der Waals surface area contributed by atoms with Crippen LogP contribution in [-0.4, -0.2) is 46.9 Å². The molecule has 0 radical (unpaired) electrons. The Morgan fingerprint density at radius 3 is 1.43 bits per heavy atom. The number of phenolic OH excluding ortho intramolecular Hbond substituents is 2. The van der Waals surface area contributed by atoms with Crippen LogP contribution in [0.15, 0.2) is 78.9 Å². The van der Waals surface area contributed by atoms with Gasteiger partial charge in [0.2, 0.25) is 11.8 Å². The highest BCUT2D eigenvalue weighted by atomic mass is 35.5. The van der Waals surface area contributed by atoms with Crippen LogP contribution in [-0.2, 0) is 29.0 Å². The van der Waals surface area contributed by atoms with Gasteiger partial charge in [0.25, 0.3) is 0 Å². The smallest absolute Gasteiger partial charge is 0.231 e. The minimum Gasteiger partial charge on any atom is -0.507 e. The number of anilines is 2. The maximum atomic E-state index is 13.8. The molecule has 0 saturated heterocycles. The van der Waals surface area contributed by atoms with Crippen molar-refractivity contribution in [3.05, 3.63) is 107 Å². The average Bonchev–Trinajstić information content (AvgIpc) is 3.63. The predicted molar refractivity (Wildman–Crippen MR) is 185 cm³/mol. The lowest BCUT2D eigenvalue weighted by atomic mass is 9.95. The second-order valence-electron chi connectivity index (χ2n) is 12.2. The van der Waals surface area contributed by atoms with Crippen LogP contribution in [0.5, 0.6) is 11.5 Å². The molecule has 5 aromatic carbocycles. The van der Waals surface area contributed by atoms with E-state index in [1.54, 1.807) is 21.9 Å². The molecule has 4 N–H and O–H groups in total. The Hall–Kier alpha value is -4.30. The van der Waals surface area contributed by atoms with Crippen molar-refractivity contribution in [2.45, 2.75) is 31.2 Å². The Kier molecular flexibility index (Phi) is 8.01. The Labute approximate surface area is 276 Å². The molecule has 234 valence electrons. The summed E-state index contributed by atoms with van der Waals surface area (Å²) < 4.78 is 0. The number of fused-ring (bicyclic) bond motifs is 6. The summed E-state index contributed by atoms with van der Waals surface area (Å²) in [6, 6.07) is 24.2. The predicted octanol–water partition coefficient (Wildman–Crippen LogP) is 6.69. The highest BCUT2D eigenvalue weighted by molar-refractivity contribution is 6.19. The summed E-state index contributed by atoms with van der Waals surface area (Å²) >= 11 is 12.8. The number of amides is 2. The number of aromatic hydroxyl groups is 2. The normalized spacial score (nSPS) is 17.1. The van der Waals surface area contributed by atoms with Crippen LogP contribution in [0.3, 0.4) is 0 Å². The van der Waals surface area contributed by atoms with E-state index in [1.165, 1.54) is 0 Å². The first-order valence-corrected chi connectivity index (χ1v) is 16.4. The van der Waals surface area contributed by atoms with Crippen LogP contribution in [0, 0.1) is 0 Å². The Morgan fingerprint density at radius 1 is 0.652 bits per heavy atom. The van der Waals surface area contributed by atoms with Crippen LogP contribution < -0.4 is 15.5 Å². The molecule has 7 rings (SSSR count). The summed E-state index contributed by atoms with van der Waals surface area (Å²) in [7, 11) is 0. The number of benzene rings is 5. The van der Waals surface area contributed by atoms with Gasteiger partial charge in [-0.1, -0.05) is 66.7 Å². The van der Waals surface area contributed by atoms with Gasteiger partial charge in [-0.25, -0.2) is 0 Å². The quantitative estimate of drug-likeness (QED) is 0.170. The van der Waals surface area contributed by atoms with Gasteiger partial charge < -0.3 is 25.7 Å². The average molecular weight is 655 g/mol. The molecule has 46 heavy (non-hydrogen) atoms. The van der Waals surface area contributed by atoms with E-state index in [-0.39, 0.29) is 54.5 Å². The fourth-order valence-electron chi connectivity index (χ4n) is 7.28. The van der Waals surface area contributed by atoms with Crippen LogP contribution >= 0.6 is 23.2 Å². The molecule has 2 atom stereocenters. The third-order valence-corrected chi connectivity index (χ3v) is 10.1. The number of carbonyl (C=O) groups is 2. The molecule has 5 aromatic rings. The molecule has 0 fully saturated rings. The van der Waals surface area contributed by atoms with Gasteiger partial charge in [0.05, 0.1) is 24.2 Å². The maximum Gasteiger partial charge on any atom is 0.231 e. The van der Waals surface area contributed by atoms with E-state index in [2.05, 4.69) is 0 Å². The van der Waals surface area contributed by atoms with E-state index < -0.39 is 0 Å². The van der Waals surface area contributed by atoms with E-state index in [9.17, 15) is 19.8 Å². The van der Waals surface area contributed by atoms with Crippen LogP contribution in [0.2, 0.25) is 0 Å². The number of carbonyl (C=O) groups excluding carboxylic acids is 2. The molecule has 0 aliphatic carbocycles. The molecule has 0 aromatic heterocycles. The van der Waals surface area contributed by atoms with Crippen LogP contribution in [0.4, 0.5) is 11.4 Å². The molecule has 2 heterocycles. The number of rotatable bonds is 7. The number of alkyl halides is 2. The summed E-state index contributed by atoms with van der Waals surface area (Å²) in [4.78, 5) is 31.1. The summed E-state index contributed by atoms with van der Waals surface area (Å²) in [5, 5.41) is 24.8. The summed E-state index contributed by atoms with van der Waals surface area (Å²) in [5.41, 5.74) is 11.7. The molecule has 0 saturated carbocycles. The van der Waals surface area contributed by atoms with Gasteiger partial charge in [-0.2, -0.15) is 0 Å². The lowest BCUT2D eigenvalue weighted by Crippen LogP contribution is -2.32. The van der Waals surface area contributed by atoms with Crippen LogP contribution in [0.25, 0.3) is 21.5 Å². The van der Waals surface area contributed by atoms with Crippen LogP contribution in [0.1, 0.15) is 39.7 Å². The molecular weight excluding hydrogens is 621 g/mol. The van der Waals surface area contributed by atoms with E-state index in [0.29, 0.717) is 36.2 Å². The first kappa shape index (κ1) is 30.4. The fourth-order valence-corrected chi connectivity index (χ4v) is 7.78. The van der Waals surface area contributed by atoms with Crippen molar-refractivity contribution in [2.75, 3.05) is 34.6 Å². The Morgan fingerprint density at radius 2 is 1.04 bits per heavy atom. The highest BCUT2D eigenvalue weighted by Crippen LogP contribution is 2.46. The van der Waals surface area contributed by atoms with Crippen molar-refractivity contribution in [3.8, 4) is 11.5 Å². The highest BCUT2D eigenvalue weighted by Gasteiger charge is 2.36. The molecule has 2 amide bonds. The fraction of sp³-hybridized carbons (Fsp3) is 0.243. The van der Waals surface area contributed by atoms with Gasteiger partial charge >= 0.3 is 0 Å². The first-order chi connectivity index (χ1) is 22.3. The van der Waals surface area contributed by atoms with Crippen molar-refractivity contribution < 1.29 is 19.8 Å². The Balaban J connectivity index is 1.16. The second-order valence-corrected chi connectivity index (χ2v) is 12.8. The number of halogens is 2. The molecule has 0 bridgehead atoms. The molecule has 2 aliphatic heterocycles. The molecule has 2 aliphatic rings. The van der Waals surface area contributed by atoms with Crippen molar-refractivity contribution in [1.29, 1.82) is 0 Å². The molecule has 0 unspecified atom stereocenters. The third kappa shape index (κ3) is 5.13. The summed E-state index contributed by atoms with van der Waals surface area (Å²) in [5.74, 6) is 0.546. The maximum absolute atomic E-state index is 13.8. The largest absolute Gasteiger partial charge is 0.507 e. The third-order valence-electron chi connectivity index (χ3n) is 9.32. The summed E-state index contributed by atoms with van der Waals surface area (Å²) in [6.45, 7) is 1.10. The monoisotopic (exact) mass is 653 g/mol. The number of hydrogen-bond donors (Lipinski definition) is 3. The van der Waals surface area contributed by atoms with Gasteiger partial charge in [0.1, 0.15) is 11.5 Å². The van der Waals surface area contributed by atoms with E-state index >= 15 is 0 Å². The number of hydrogen-bond acceptors (Lipinski definition) is 5. The van der Waals surface area contributed by atoms with Crippen molar-refractivity contribution in [2.24, 2.45) is 5.73 Å². The van der Waals surface area contributed by atoms with Gasteiger partial charge in [-0.05, 0) is 38.6 Å².